The predicted octanol–water partition coefficient (Wildman–Crippen LogP) is 6.76. The van der Waals surface area contributed by atoms with Crippen LogP contribution in [0.15, 0.2) is 118 Å². The predicted molar refractivity (Wildman–Crippen MR) is 148 cm³/mol. The van der Waals surface area contributed by atoms with E-state index < -0.39 is 0 Å². The van der Waals surface area contributed by atoms with E-state index in [-0.39, 0.29) is 29.8 Å². The molecule has 39 heavy (non-hydrogen) atoms. The number of benzene rings is 4. The molecule has 1 aromatic heterocycles. The van der Waals surface area contributed by atoms with Crippen molar-refractivity contribution < 1.29 is 23.5 Å². The second-order valence-electron chi connectivity index (χ2n) is 8.67. The smallest absolute Gasteiger partial charge is 0.199 e. The molecule has 0 aliphatic carbocycles. The number of hydrogen-bond donors (Lipinski definition) is 0. The Morgan fingerprint density at radius 1 is 0.538 bits per heavy atom. The van der Waals surface area contributed by atoms with Crippen molar-refractivity contribution in [2.75, 3.05) is 0 Å². The maximum atomic E-state index is 14.1. The summed E-state index contributed by atoms with van der Waals surface area (Å²) in [5.74, 6) is 1.44. The lowest BCUT2D eigenvalue weighted by Gasteiger charge is -2.17. The Kier molecular flexibility index (Phi) is 7.74. The molecule has 0 saturated heterocycles. The molecule has 0 N–H and O–H groups in total. The highest BCUT2D eigenvalue weighted by Crippen LogP contribution is 2.32. The average Bonchev–Trinajstić information content (AvgIpc) is 3.00. The van der Waals surface area contributed by atoms with Gasteiger partial charge in [-0.3, -0.25) is 14.4 Å². The number of rotatable bonds is 10. The minimum Gasteiger partial charge on any atom is -0.488 e. The van der Waals surface area contributed by atoms with Crippen LogP contribution in [-0.4, -0.2) is 12.6 Å². The second kappa shape index (κ2) is 11.9. The van der Waals surface area contributed by atoms with Crippen LogP contribution in [-0.2, 0) is 13.2 Å². The van der Waals surface area contributed by atoms with Gasteiger partial charge < -0.3 is 13.9 Å². The molecule has 0 atom stereocenters. The van der Waals surface area contributed by atoms with Gasteiger partial charge >= 0.3 is 0 Å². The van der Waals surface area contributed by atoms with Gasteiger partial charge in [0.05, 0.1) is 22.3 Å². The number of aldehydes is 2. The van der Waals surface area contributed by atoms with Crippen molar-refractivity contribution in [3.63, 3.8) is 0 Å². The van der Waals surface area contributed by atoms with E-state index in [0.29, 0.717) is 57.8 Å². The first-order valence-corrected chi connectivity index (χ1v) is 12.3. The summed E-state index contributed by atoms with van der Waals surface area (Å²) in [7, 11) is 0. The molecule has 6 nitrogen and oxygen atoms in total. The highest BCUT2D eigenvalue weighted by Gasteiger charge is 2.23. The van der Waals surface area contributed by atoms with Crippen molar-refractivity contribution in [3.8, 4) is 34.1 Å². The summed E-state index contributed by atoms with van der Waals surface area (Å²) in [5, 5.41) is 0. The first kappa shape index (κ1) is 25.4. The zero-order valence-corrected chi connectivity index (χ0v) is 20.9. The zero-order chi connectivity index (χ0) is 27.0. The summed E-state index contributed by atoms with van der Waals surface area (Å²) >= 11 is 0. The van der Waals surface area contributed by atoms with Gasteiger partial charge in [-0.15, -0.1) is 0 Å². The summed E-state index contributed by atoms with van der Waals surface area (Å²) in [4.78, 5) is 37.2. The Bertz CT molecular complexity index is 1540. The molecule has 0 aliphatic rings. The first-order valence-electron chi connectivity index (χ1n) is 12.3. The minimum atomic E-state index is -0.314. The maximum absolute atomic E-state index is 14.1. The van der Waals surface area contributed by atoms with E-state index in [2.05, 4.69) is 0 Å². The minimum absolute atomic E-state index is 0.135. The third-order valence-electron chi connectivity index (χ3n) is 6.21. The Morgan fingerprint density at radius 2 is 0.923 bits per heavy atom. The maximum Gasteiger partial charge on any atom is 0.199 e. The molecule has 0 fully saturated rings. The number of para-hydroxylation sites is 2. The van der Waals surface area contributed by atoms with Crippen molar-refractivity contribution in [2.45, 2.75) is 13.2 Å². The van der Waals surface area contributed by atoms with Crippen LogP contribution in [0.4, 0.5) is 0 Å². The molecule has 0 aliphatic heterocycles. The van der Waals surface area contributed by atoms with Gasteiger partial charge in [-0.05, 0) is 24.3 Å². The van der Waals surface area contributed by atoms with E-state index in [1.807, 2.05) is 60.7 Å². The zero-order valence-electron chi connectivity index (χ0n) is 20.9. The molecule has 0 spiro atoms. The largest absolute Gasteiger partial charge is 0.488 e. The number of hydrogen-bond acceptors (Lipinski definition) is 6. The summed E-state index contributed by atoms with van der Waals surface area (Å²) in [6, 6.07) is 32.2. The highest BCUT2D eigenvalue weighted by molar-refractivity contribution is 5.79. The van der Waals surface area contributed by atoms with E-state index >= 15 is 0 Å². The molecule has 0 unspecified atom stereocenters. The average molecular weight is 517 g/mol. The third-order valence-corrected chi connectivity index (χ3v) is 6.21. The van der Waals surface area contributed by atoms with Gasteiger partial charge in [0.15, 0.2) is 18.0 Å². The summed E-state index contributed by atoms with van der Waals surface area (Å²) in [6.45, 7) is -0.269. The van der Waals surface area contributed by atoms with Crippen LogP contribution in [0.25, 0.3) is 22.6 Å². The number of carbonyl (C=O) groups excluding carboxylic acids is 2. The molecule has 5 rings (SSSR count). The Hall–Kier alpha value is -5.23. The van der Waals surface area contributed by atoms with Crippen LogP contribution < -0.4 is 14.9 Å². The molecule has 192 valence electrons. The lowest BCUT2D eigenvalue weighted by Crippen LogP contribution is -2.21. The van der Waals surface area contributed by atoms with E-state index in [0.717, 1.165) is 0 Å². The fraction of sp³-hybridized carbons (Fsp3) is 0.0606. The fourth-order valence-electron chi connectivity index (χ4n) is 4.24. The van der Waals surface area contributed by atoms with E-state index in [4.69, 9.17) is 13.9 Å². The summed E-state index contributed by atoms with van der Waals surface area (Å²) in [6.07, 6.45) is 1.41. The molecular weight excluding hydrogens is 492 g/mol. The Balaban J connectivity index is 1.65. The van der Waals surface area contributed by atoms with Crippen LogP contribution in [0.3, 0.4) is 0 Å². The van der Waals surface area contributed by atoms with Crippen LogP contribution in [0.1, 0.15) is 31.8 Å². The molecule has 4 aromatic carbocycles. The molecule has 6 heteroatoms. The first-order chi connectivity index (χ1) is 19.2. The normalized spacial score (nSPS) is 10.6. The molecule has 0 amide bonds. The lowest BCUT2D eigenvalue weighted by molar-refractivity contribution is 0.111. The fourth-order valence-corrected chi connectivity index (χ4v) is 4.24. The van der Waals surface area contributed by atoms with Gasteiger partial charge in [0.1, 0.15) is 36.2 Å². The third kappa shape index (κ3) is 5.55. The van der Waals surface area contributed by atoms with Crippen molar-refractivity contribution in [3.05, 3.63) is 142 Å². The molecule has 0 saturated carbocycles. The van der Waals surface area contributed by atoms with E-state index in [9.17, 15) is 14.4 Å². The molecule has 1 heterocycles. The Labute approximate surface area is 225 Å². The lowest BCUT2D eigenvalue weighted by atomic mass is 10.0. The van der Waals surface area contributed by atoms with Crippen LogP contribution >= 0.6 is 0 Å². The van der Waals surface area contributed by atoms with E-state index in [1.54, 1.807) is 48.5 Å². The van der Waals surface area contributed by atoms with E-state index in [1.165, 1.54) is 0 Å². The van der Waals surface area contributed by atoms with Crippen LogP contribution in [0, 0.1) is 0 Å². The molecular formula is C33H24O6. The highest BCUT2D eigenvalue weighted by atomic mass is 16.5. The van der Waals surface area contributed by atoms with Crippen molar-refractivity contribution in [1.29, 1.82) is 0 Å². The standard InChI is InChI=1S/C33H24O6/c34-19-25-15-7-9-17-29(25)37-21-27-31(36)28(22-38-30-18-10-8-16-26(30)20-35)33(24-13-5-2-6-14-24)39-32(27)23-11-3-1-4-12-23/h1-20H,21-22H2. The van der Waals surface area contributed by atoms with Gasteiger partial charge in [-0.2, -0.15) is 0 Å². The van der Waals surface area contributed by atoms with Gasteiger partial charge in [0.2, 0.25) is 0 Å². The van der Waals surface area contributed by atoms with Crippen molar-refractivity contribution in [2.24, 2.45) is 0 Å². The molecule has 0 bridgehead atoms. The monoisotopic (exact) mass is 516 g/mol. The van der Waals surface area contributed by atoms with Gasteiger partial charge in [0, 0.05) is 11.1 Å². The van der Waals surface area contributed by atoms with Crippen molar-refractivity contribution in [1.82, 2.24) is 0 Å². The molecule has 5 aromatic rings. The van der Waals surface area contributed by atoms with Crippen LogP contribution in [0.2, 0.25) is 0 Å². The summed E-state index contributed by atoms with van der Waals surface area (Å²) < 4.78 is 18.4. The Morgan fingerprint density at radius 3 is 1.33 bits per heavy atom. The topological polar surface area (TPSA) is 82.8 Å². The SMILES string of the molecule is O=Cc1ccccc1OCc1c(-c2ccccc2)oc(-c2ccccc2)c(COc2ccccc2C=O)c1=O. The second-order valence-corrected chi connectivity index (χ2v) is 8.67. The summed E-state index contributed by atoms with van der Waals surface area (Å²) in [5.41, 5.74) is 2.40. The van der Waals surface area contributed by atoms with Crippen LogP contribution in [0.5, 0.6) is 11.5 Å². The molecule has 0 radical (unpaired) electrons. The van der Waals surface area contributed by atoms with Gasteiger partial charge in [-0.25, -0.2) is 0 Å². The van der Waals surface area contributed by atoms with Gasteiger partial charge in [0.25, 0.3) is 0 Å². The number of ether oxygens (including phenoxy) is 2. The van der Waals surface area contributed by atoms with Crippen molar-refractivity contribution >= 4 is 12.6 Å². The van der Waals surface area contributed by atoms with Gasteiger partial charge in [-0.1, -0.05) is 84.9 Å². The number of carbonyl (C=O) groups is 2. The quantitative estimate of drug-likeness (QED) is 0.191.